The number of carbonyl (C=O) groups is 1. The Morgan fingerprint density at radius 3 is 2.69 bits per heavy atom. The quantitative estimate of drug-likeness (QED) is 0.804. The second-order valence-corrected chi connectivity index (χ2v) is 8.89. The number of sulfonamides is 1. The topological polar surface area (TPSA) is 84.9 Å². The largest absolute Gasteiger partial charge is 0.491 e. The molecule has 0 bridgehead atoms. The van der Waals surface area contributed by atoms with Gasteiger partial charge in [-0.05, 0) is 49.9 Å². The average molecular weight is 382 g/mol. The number of rotatable bonds is 6. The van der Waals surface area contributed by atoms with Gasteiger partial charge in [0.25, 0.3) is 5.91 Å². The lowest BCUT2D eigenvalue weighted by atomic mass is 10.1. The Bertz CT molecular complexity index is 714. The van der Waals surface area contributed by atoms with E-state index in [0.29, 0.717) is 31.0 Å². The lowest BCUT2D eigenvalue weighted by molar-refractivity contribution is 0.0679. The van der Waals surface area contributed by atoms with Gasteiger partial charge in [-0.3, -0.25) is 4.79 Å². The van der Waals surface area contributed by atoms with Crippen LogP contribution in [0.2, 0.25) is 0 Å². The molecule has 1 aromatic rings. The number of amides is 1. The second kappa shape index (κ2) is 8.37. The molecule has 1 amide bonds. The van der Waals surface area contributed by atoms with Crippen LogP contribution in [-0.4, -0.2) is 63.3 Å². The van der Waals surface area contributed by atoms with Crippen molar-refractivity contribution in [1.82, 2.24) is 9.62 Å². The van der Waals surface area contributed by atoms with Crippen molar-refractivity contribution >= 4 is 15.9 Å². The van der Waals surface area contributed by atoms with Crippen LogP contribution in [0.15, 0.2) is 24.3 Å². The Labute approximate surface area is 154 Å². The van der Waals surface area contributed by atoms with Crippen molar-refractivity contribution in [3.8, 4) is 5.75 Å². The van der Waals surface area contributed by atoms with E-state index in [1.807, 2.05) is 0 Å². The summed E-state index contributed by atoms with van der Waals surface area (Å²) in [7, 11) is -3.22. The van der Waals surface area contributed by atoms with E-state index in [1.54, 1.807) is 24.3 Å². The van der Waals surface area contributed by atoms with Crippen molar-refractivity contribution in [1.29, 1.82) is 0 Å². The van der Waals surface area contributed by atoms with E-state index in [1.165, 1.54) is 10.6 Å². The van der Waals surface area contributed by atoms with Crippen LogP contribution < -0.4 is 10.1 Å². The Hall–Kier alpha value is -1.64. The van der Waals surface area contributed by atoms with Crippen molar-refractivity contribution in [2.75, 3.05) is 32.6 Å². The van der Waals surface area contributed by atoms with Crippen molar-refractivity contribution in [3.05, 3.63) is 29.8 Å². The zero-order chi connectivity index (χ0) is 18.6. The maximum absolute atomic E-state index is 12.4. The lowest BCUT2D eigenvalue weighted by Gasteiger charge is -2.31. The molecule has 1 aromatic carbocycles. The van der Waals surface area contributed by atoms with E-state index >= 15 is 0 Å². The highest BCUT2D eigenvalue weighted by Crippen LogP contribution is 2.17. The van der Waals surface area contributed by atoms with Crippen LogP contribution in [0.1, 0.15) is 36.0 Å². The Kier molecular flexibility index (Phi) is 6.16. The molecule has 2 aliphatic rings. The minimum absolute atomic E-state index is 0.155. The molecule has 2 heterocycles. The summed E-state index contributed by atoms with van der Waals surface area (Å²) < 4.78 is 36.0. The SMILES string of the molecule is CS(=O)(=O)N1CCCC(NC(=O)c2ccc(OCC3CCCO3)cc2)C1. The number of ether oxygens (including phenoxy) is 2. The molecule has 144 valence electrons. The van der Waals surface area contributed by atoms with Crippen molar-refractivity contribution in [2.45, 2.75) is 37.8 Å². The van der Waals surface area contributed by atoms with Crippen molar-refractivity contribution < 1.29 is 22.7 Å². The fourth-order valence-corrected chi connectivity index (χ4v) is 4.21. The normalized spacial score (nSPS) is 24.3. The van der Waals surface area contributed by atoms with Crippen LogP contribution in [0.5, 0.6) is 5.75 Å². The number of nitrogens with one attached hydrogen (secondary N) is 1. The van der Waals surface area contributed by atoms with Crippen LogP contribution in [-0.2, 0) is 14.8 Å². The summed E-state index contributed by atoms with van der Waals surface area (Å²) in [5.74, 6) is 0.508. The first-order valence-electron chi connectivity index (χ1n) is 9.02. The van der Waals surface area contributed by atoms with Gasteiger partial charge in [-0.1, -0.05) is 0 Å². The van der Waals surface area contributed by atoms with E-state index in [0.717, 1.165) is 32.3 Å². The molecule has 26 heavy (non-hydrogen) atoms. The van der Waals surface area contributed by atoms with Gasteiger partial charge < -0.3 is 14.8 Å². The van der Waals surface area contributed by atoms with Crippen molar-refractivity contribution in [2.24, 2.45) is 0 Å². The van der Waals surface area contributed by atoms with Gasteiger partial charge in [-0.15, -0.1) is 0 Å². The predicted molar refractivity (Wildman–Crippen MR) is 97.8 cm³/mol. The van der Waals surface area contributed by atoms with Gasteiger partial charge in [0.2, 0.25) is 10.0 Å². The highest BCUT2D eigenvalue weighted by atomic mass is 32.2. The average Bonchev–Trinajstić information content (AvgIpc) is 3.13. The third kappa shape index (κ3) is 5.18. The Morgan fingerprint density at radius 1 is 1.27 bits per heavy atom. The molecule has 0 saturated carbocycles. The minimum Gasteiger partial charge on any atom is -0.491 e. The fraction of sp³-hybridized carbons (Fsp3) is 0.611. The zero-order valence-electron chi connectivity index (χ0n) is 15.0. The van der Waals surface area contributed by atoms with Crippen LogP contribution >= 0.6 is 0 Å². The summed E-state index contributed by atoms with van der Waals surface area (Å²) in [6, 6.07) is 6.82. The van der Waals surface area contributed by atoms with Gasteiger partial charge in [-0.25, -0.2) is 12.7 Å². The van der Waals surface area contributed by atoms with E-state index in [4.69, 9.17) is 9.47 Å². The van der Waals surface area contributed by atoms with Crippen LogP contribution in [0.3, 0.4) is 0 Å². The summed E-state index contributed by atoms with van der Waals surface area (Å²) in [6.45, 7) is 2.16. The molecule has 2 saturated heterocycles. The van der Waals surface area contributed by atoms with Gasteiger partial charge in [-0.2, -0.15) is 0 Å². The molecule has 0 radical (unpaired) electrons. The van der Waals surface area contributed by atoms with Gasteiger partial charge in [0.15, 0.2) is 0 Å². The second-order valence-electron chi connectivity index (χ2n) is 6.90. The molecule has 2 unspecified atom stereocenters. The number of nitrogens with zero attached hydrogens (tertiary/aromatic N) is 1. The maximum atomic E-state index is 12.4. The molecule has 8 heteroatoms. The fourth-order valence-electron chi connectivity index (χ4n) is 3.30. The number of hydrogen-bond acceptors (Lipinski definition) is 5. The molecule has 0 aliphatic carbocycles. The monoisotopic (exact) mass is 382 g/mol. The lowest BCUT2D eigenvalue weighted by Crippen LogP contribution is -2.49. The summed E-state index contributed by atoms with van der Waals surface area (Å²) in [5, 5.41) is 2.93. The van der Waals surface area contributed by atoms with Crippen LogP contribution in [0.25, 0.3) is 0 Å². The number of hydrogen-bond donors (Lipinski definition) is 1. The first kappa shape index (κ1) is 19.1. The predicted octanol–water partition coefficient (Wildman–Crippen LogP) is 1.40. The number of carbonyl (C=O) groups excluding carboxylic acids is 1. The number of benzene rings is 1. The molecule has 3 rings (SSSR count). The van der Waals surface area contributed by atoms with Gasteiger partial charge >= 0.3 is 0 Å². The highest BCUT2D eigenvalue weighted by molar-refractivity contribution is 7.88. The third-order valence-corrected chi connectivity index (χ3v) is 6.03. The van der Waals surface area contributed by atoms with Crippen LogP contribution in [0.4, 0.5) is 0 Å². The summed E-state index contributed by atoms with van der Waals surface area (Å²) in [4.78, 5) is 12.4. The minimum atomic E-state index is -3.22. The van der Waals surface area contributed by atoms with Crippen LogP contribution in [0, 0.1) is 0 Å². The third-order valence-electron chi connectivity index (χ3n) is 4.76. The first-order chi connectivity index (χ1) is 12.4. The van der Waals surface area contributed by atoms with E-state index < -0.39 is 10.0 Å². The molecule has 2 aliphatic heterocycles. The smallest absolute Gasteiger partial charge is 0.251 e. The highest BCUT2D eigenvalue weighted by Gasteiger charge is 2.27. The van der Waals surface area contributed by atoms with Gasteiger partial charge in [0.05, 0.1) is 12.4 Å². The molecular formula is C18H26N2O5S. The molecule has 0 aromatic heterocycles. The number of piperidine rings is 1. The molecule has 7 nitrogen and oxygen atoms in total. The van der Waals surface area contributed by atoms with E-state index in [9.17, 15) is 13.2 Å². The van der Waals surface area contributed by atoms with Crippen molar-refractivity contribution in [3.63, 3.8) is 0 Å². The molecule has 2 atom stereocenters. The summed E-state index contributed by atoms with van der Waals surface area (Å²) >= 11 is 0. The maximum Gasteiger partial charge on any atom is 0.251 e. The standard InChI is InChI=1S/C18H26N2O5S/c1-26(22,23)20-10-2-4-15(12-20)19-18(21)14-6-8-16(9-7-14)25-13-17-5-3-11-24-17/h6-9,15,17H,2-5,10-13H2,1H3,(H,19,21). The van der Waals surface area contributed by atoms with E-state index in [2.05, 4.69) is 5.32 Å². The summed E-state index contributed by atoms with van der Waals surface area (Å²) in [6.07, 6.45) is 4.97. The molecule has 1 N–H and O–H groups in total. The molecular weight excluding hydrogens is 356 g/mol. The van der Waals surface area contributed by atoms with Gasteiger partial charge in [0, 0.05) is 31.3 Å². The summed E-state index contributed by atoms with van der Waals surface area (Å²) in [5.41, 5.74) is 0.533. The van der Waals surface area contributed by atoms with Gasteiger partial charge in [0.1, 0.15) is 12.4 Å². The molecule has 2 fully saturated rings. The first-order valence-corrected chi connectivity index (χ1v) is 10.9. The zero-order valence-corrected chi connectivity index (χ0v) is 15.8. The Balaban J connectivity index is 1.51. The molecule has 0 spiro atoms. The Morgan fingerprint density at radius 2 is 2.04 bits per heavy atom. The van der Waals surface area contributed by atoms with E-state index in [-0.39, 0.29) is 18.1 Å².